The lowest BCUT2D eigenvalue weighted by molar-refractivity contribution is -0.136. The Morgan fingerprint density at radius 1 is 1.09 bits per heavy atom. The summed E-state index contributed by atoms with van der Waals surface area (Å²) in [6, 6.07) is 8.47. The molecule has 0 saturated heterocycles. The van der Waals surface area contributed by atoms with Crippen molar-refractivity contribution in [3.8, 4) is 18.2 Å². The summed E-state index contributed by atoms with van der Waals surface area (Å²) in [5, 5.41) is 46.6. The van der Waals surface area contributed by atoms with E-state index in [0.29, 0.717) is 0 Å². The molecule has 1 aromatic carbocycles. The van der Waals surface area contributed by atoms with Gasteiger partial charge in [-0.15, -0.1) is 0 Å². The van der Waals surface area contributed by atoms with Gasteiger partial charge in [-0.05, 0) is 17.7 Å². The predicted molar refractivity (Wildman–Crippen MR) is 72.2 cm³/mol. The van der Waals surface area contributed by atoms with E-state index in [1.54, 1.807) is 6.07 Å². The van der Waals surface area contributed by atoms with E-state index in [2.05, 4.69) is 5.32 Å². The lowest BCUT2D eigenvalue weighted by atomic mass is 10.0. The van der Waals surface area contributed by atoms with Crippen LogP contribution in [-0.4, -0.2) is 22.2 Å². The molecule has 0 spiro atoms. The van der Waals surface area contributed by atoms with E-state index < -0.39 is 23.9 Å². The quantitative estimate of drug-likeness (QED) is 0.684. The van der Waals surface area contributed by atoms with Crippen LogP contribution in [0.1, 0.15) is 15.9 Å². The van der Waals surface area contributed by atoms with Crippen molar-refractivity contribution in [2.75, 3.05) is 5.32 Å². The minimum atomic E-state index is -1.33. The maximum Gasteiger partial charge on any atom is 0.336 e. The van der Waals surface area contributed by atoms with Gasteiger partial charge in [0, 0.05) is 5.69 Å². The largest absolute Gasteiger partial charge is 0.481 e. The van der Waals surface area contributed by atoms with Crippen LogP contribution >= 0.6 is 0 Å². The van der Waals surface area contributed by atoms with Crippen molar-refractivity contribution < 1.29 is 19.8 Å². The first kappa shape index (κ1) is 16.2. The molecule has 0 bridgehead atoms. The van der Waals surface area contributed by atoms with E-state index in [1.165, 1.54) is 24.3 Å². The zero-order valence-corrected chi connectivity index (χ0v) is 11.0. The van der Waals surface area contributed by atoms with Crippen LogP contribution in [0.15, 0.2) is 29.5 Å². The highest BCUT2D eigenvalue weighted by molar-refractivity contribution is 5.92. The Morgan fingerprint density at radius 3 is 2.18 bits per heavy atom. The molecular weight excluding hydrogens is 288 g/mol. The SMILES string of the molecule is N#CC(C#N)=C(C#N)Nc1ccc(CC(=O)O)c(C(=O)O)c1. The van der Waals surface area contributed by atoms with Gasteiger partial charge in [0.15, 0.2) is 5.57 Å². The average Bonchev–Trinajstić information content (AvgIpc) is 2.47. The number of aliphatic carboxylic acids is 1. The molecule has 8 nitrogen and oxygen atoms in total. The molecule has 0 unspecified atom stereocenters. The molecule has 0 amide bonds. The Morgan fingerprint density at radius 2 is 1.73 bits per heavy atom. The van der Waals surface area contributed by atoms with E-state index >= 15 is 0 Å². The van der Waals surface area contributed by atoms with Gasteiger partial charge in [0.1, 0.15) is 23.9 Å². The number of rotatable bonds is 5. The highest BCUT2D eigenvalue weighted by atomic mass is 16.4. The summed E-state index contributed by atoms with van der Waals surface area (Å²) in [5.41, 5.74) is -0.790. The van der Waals surface area contributed by atoms with Crippen molar-refractivity contribution in [3.05, 3.63) is 40.6 Å². The number of carbonyl (C=O) groups is 2. The number of benzene rings is 1. The molecule has 0 atom stereocenters. The average molecular weight is 296 g/mol. The Kier molecular flexibility index (Phi) is 5.23. The van der Waals surface area contributed by atoms with E-state index in [-0.39, 0.29) is 22.5 Å². The van der Waals surface area contributed by atoms with E-state index in [4.69, 9.17) is 26.0 Å². The Bertz CT molecular complexity index is 775. The van der Waals surface area contributed by atoms with Crippen LogP contribution < -0.4 is 5.32 Å². The van der Waals surface area contributed by atoms with Crippen LogP contribution in [0, 0.1) is 34.0 Å². The molecule has 0 aromatic heterocycles. The first-order chi connectivity index (χ1) is 10.4. The molecule has 0 fully saturated rings. The summed E-state index contributed by atoms with van der Waals surface area (Å²) in [4.78, 5) is 21.8. The van der Waals surface area contributed by atoms with Gasteiger partial charge in [-0.1, -0.05) is 6.07 Å². The number of nitrogens with zero attached hydrogens (tertiary/aromatic N) is 3. The summed E-state index contributed by atoms with van der Waals surface area (Å²) in [7, 11) is 0. The number of allylic oxidation sites excluding steroid dienone is 2. The summed E-state index contributed by atoms with van der Waals surface area (Å²) >= 11 is 0. The van der Waals surface area contributed by atoms with Crippen molar-refractivity contribution in [3.63, 3.8) is 0 Å². The third-order valence-corrected chi connectivity index (χ3v) is 2.54. The molecule has 3 N–H and O–H groups in total. The van der Waals surface area contributed by atoms with Crippen LogP contribution in [0.5, 0.6) is 0 Å². The number of nitriles is 3. The molecule has 0 saturated carbocycles. The maximum atomic E-state index is 11.2. The predicted octanol–water partition coefficient (Wildman–Crippen LogP) is 1.25. The fourth-order valence-corrected chi connectivity index (χ4v) is 1.60. The number of hydrogen-bond donors (Lipinski definition) is 3. The first-order valence-electron chi connectivity index (χ1n) is 5.72. The molecular formula is C14H8N4O4. The summed E-state index contributed by atoms with van der Waals surface area (Å²) in [5.74, 6) is -2.51. The lowest BCUT2D eigenvalue weighted by Crippen LogP contribution is -2.09. The molecule has 0 aliphatic carbocycles. The van der Waals surface area contributed by atoms with Crippen molar-refractivity contribution in [1.29, 1.82) is 15.8 Å². The molecule has 0 heterocycles. The zero-order valence-electron chi connectivity index (χ0n) is 11.0. The van der Waals surface area contributed by atoms with Crippen molar-refractivity contribution in [2.45, 2.75) is 6.42 Å². The van der Waals surface area contributed by atoms with Gasteiger partial charge >= 0.3 is 11.9 Å². The van der Waals surface area contributed by atoms with Crippen molar-refractivity contribution >= 4 is 17.6 Å². The van der Waals surface area contributed by atoms with Crippen molar-refractivity contribution in [2.24, 2.45) is 0 Å². The minimum Gasteiger partial charge on any atom is -0.481 e. The highest BCUT2D eigenvalue weighted by Gasteiger charge is 2.14. The number of aromatic carboxylic acids is 1. The molecule has 1 rings (SSSR count). The lowest BCUT2D eigenvalue weighted by Gasteiger charge is -2.09. The van der Waals surface area contributed by atoms with Gasteiger partial charge in [0.25, 0.3) is 0 Å². The Hall–Kier alpha value is -3.83. The zero-order chi connectivity index (χ0) is 16.7. The minimum absolute atomic E-state index is 0.0915. The summed E-state index contributed by atoms with van der Waals surface area (Å²) in [6.45, 7) is 0. The summed E-state index contributed by atoms with van der Waals surface area (Å²) in [6.07, 6.45) is -0.468. The number of carboxylic acids is 2. The van der Waals surface area contributed by atoms with E-state index in [1.807, 2.05) is 0 Å². The second kappa shape index (κ2) is 7.09. The molecule has 8 heteroatoms. The molecule has 108 valence electrons. The molecule has 0 aliphatic heterocycles. The van der Waals surface area contributed by atoms with Gasteiger partial charge < -0.3 is 15.5 Å². The standard InChI is InChI=1S/C14H8N4O4/c15-5-9(6-16)12(7-17)18-10-2-1-8(3-13(19)20)11(4-10)14(21)22/h1-2,4,18H,3H2,(H,19,20)(H,21,22). The van der Waals surface area contributed by atoms with Crippen LogP contribution in [0.2, 0.25) is 0 Å². The number of anilines is 1. The monoisotopic (exact) mass is 296 g/mol. The highest BCUT2D eigenvalue weighted by Crippen LogP contribution is 2.19. The fraction of sp³-hybridized carbons (Fsp3) is 0.0714. The Balaban J connectivity index is 3.28. The second-order valence-corrected chi connectivity index (χ2v) is 3.96. The smallest absolute Gasteiger partial charge is 0.336 e. The van der Waals surface area contributed by atoms with Crippen LogP contribution in [-0.2, 0) is 11.2 Å². The van der Waals surface area contributed by atoms with E-state index in [9.17, 15) is 9.59 Å². The maximum absolute atomic E-state index is 11.2. The summed E-state index contributed by atoms with van der Waals surface area (Å²) < 4.78 is 0. The molecule has 22 heavy (non-hydrogen) atoms. The van der Waals surface area contributed by atoms with Gasteiger partial charge in [0.2, 0.25) is 0 Å². The van der Waals surface area contributed by atoms with E-state index in [0.717, 1.165) is 6.07 Å². The number of nitrogens with one attached hydrogen (secondary N) is 1. The van der Waals surface area contributed by atoms with Crippen LogP contribution in [0.3, 0.4) is 0 Å². The third-order valence-electron chi connectivity index (χ3n) is 2.54. The van der Waals surface area contributed by atoms with Gasteiger partial charge in [-0.2, -0.15) is 15.8 Å². The van der Waals surface area contributed by atoms with Gasteiger partial charge in [0.05, 0.1) is 12.0 Å². The first-order valence-corrected chi connectivity index (χ1v) is 5.72. The normalized spacial score (nSPS) is 8.77. The fourth-order valence-electron chi connectivity index (χ4n) is 1.60. The van der Waals surface area contributed by atoms with Crippen LogP contribution in [0.25, 0.3) is 0 Å². The van der Waals surface area contributed by atoms with Crippen LogP contribution in [0.4, 0.5) is 5.69 Å². The topological polar surface area (TPSA) is 158 Å². The van der Waals surface area contributed by atoms with Gasteiger partial charge in [-0.3, -0.25) is 4.79 Å². The molecule has 0 aliphatic rings. The Labute approximate surface area is 124 Å². The number of carboxylic acid groups (broad SMARTS) is 2. The van der Waals surface area contributed by atoms with Crippen molar-refractivity contribution in [1.82, 2.24) is 0 Å². The second-order valence-electron chi connectivity index (χ2n) is 3.96. The molecule has 1 aromatic rings. The van der Waals surface area contributed by atoms with Gasteiger partial charge in [-0.25, -0.2) is 4.79 Å². The number of hydrogen-bond acceptors (Lipinski definition) is 6. The molecule has 0 radical (unpaired) electrons. The third kappa shape index (κ3) is 3.83.